The number of carbonyl (C=O) groups excluding carboxylic acids is 1. The van der Waals surface area contributed by atoms with E-state index in [1.165, 1.54) is 6.92 Å². The highest BCUT2D eigenvalue weighted by Crippen LogP contribution is 1.81. The summed E-state index contributed by atoms with van der Waals surface area (Å²) in [7, 11) is 0. The van der Waals surface area contributed by atoms with E-state index < -0.39 is 0 Å². The van der Waals surface area contributed by atoms with Crippen LogP contribution in [0, 0.1) is 0 Å². The molecule has 6 nitrogen and oxygen atoms in total. The smallest absolute Gasteiger partial charge is 0.302 e. The Morgan fingerprint density at radius 1 is 0.889 bits per heavy atom. The normalized spacial score (nSPS) is 9.56. The lowest BCUT2D eigenvalue weighted by Gasteiger charge is -2.04. The fourth-order valence-electron chi connectivity index (χ4n) is 0.835. The number of hydrogen-bond donors (Lipinski definition) is 1. The van der Waals surface area contributed by atoms with Crippen molar-refractivity contribution in [2.75, 3.05) is 52.9 Å². The SMILES string of the molecule is CC(=O)OCCOCCOCCO.CCOCC. The third kappa shape index (κ3) is 24.5. The van der Waals surface area contributed by atoms with Gasteiger partial charge in [0.05, 0.1) is 33.0 Å². The van der Waals surface area contributed by atoms with E-state index >= 15 is 0 Å². The topological polar surface area (TPSA) is 74.2 Å². The van der Waals surface area contributed by atoms with E-state index in [4.69, 9.17) is 19.3 Å². The zero-order valence-electron chi connectivity index (χ0n) is 11.6. The Morgan fingerprint density at radius 3 is 1.78 bits per heavy atom. The Kier molecular flexibility index (Phi) is 20.4. The number of carbonyl (C=O) groups is 1. The van der Waals surface area contributed by atoms with E-state index in [1.54, 1.807) is 0 Å². The molecule has 110 valence electrons. The molecule has 0 aromatic carbocycles. The summed E-state index contributed by atoms with van der Waals surface area (Å²) in [5.74, 6) is -0.305. The van der Waals surface area contributed by atoms with Gasteiger partial charge in [0.2, 0.25) is 0 Å². The Bertz CT molecular complexity index is 161. The van der Waals surface area contributed by atoms with Crippen LogP contribution in [-0.4, -0.2) is 63.9 Å². The molecule has 0 bridgehead atoms. The lowest BCUT2D eigenvalue weighted by Crippen LogP contribution is -2.12. The summed E-state index contributed by atoms with van der Waals surface area (Å²) in [5.41, 5.74) is 0. The number of esters is 1. The summed E-state index contributed by atoms with van der Waals surface area (Å²) in [5, 5.41) is 8.34. The lowest BCUT2D eigenvalue weighted by molar-refractivity contribution is -0.142. The van der Waals surface area contributed by atoms with Gasteiger partial charge < -0.3 is 24.1 Å². The van der Waals surface area contributed by atoms with Crippen molar-refractivity contribution >= 4 is 5.97 Å². The predicted molar refractivity (Wildman–Crippen MR) is 67.5 cm³/mol. The fourth-order valence-corrected chi connectivity index (χ4v) is 0.835. The minimum atomic E-state index is -0.305. The van der Waals surface area contributed by atoms with E-state index in [1.807, 2.05) is 13.8 Å². The van der Waals surface area contributed by atoms with Gasteiger partial charge in [-0.1, -0.05) is 0 Å². The molecule has 0 heterocycles. The number of rotatable bonds is 10. The summed E-state index contributed by atoms with van der Waals surface area (Å²) in [6, 6.07) is 0. The summed E-state index contributed by atoms with van der Waals surface area (Å²) in [6.07, 6.45) is 0. The zero-order chi connectivity index (χ0) is 14.1. The van der Waals surface area contributed by atoms with Crippen LogP contribution in [0.5, 0.6) is 0 Å². The molecule has 0 saturated heterocycles. The van der Waals surface area contributed by atoms with Crippen LogP contribution >= 0.6 is 0 Å². The van der Waals surface area contributed by atoms with E-state index in [2.05, 4.69) is 4.74 Å². The van der Waals surface area contributed by atoms with E-state index in [-0.39, 0.29) is 19.2 Å². The van der Waals surface area contributed by atoms with E-state index in [0.717, 1.165) is 13.2 Å². The van der Waals surface area contributed by atoms with Gasteiger partial charge in [-0.3, -0.25) is 4.79 Å². The Balaban J connectivity index is 0. The van der Waals surface area contributed by atoms with Crippen LogP contribution in [-0.2, 0) is 23.7 Å². The summed E-state index contributed by atoms with van der Waals surface area (Å²) < 4.78 is 19.4. The number of hydrogen-bond acceptors (Lipinski definition) is 6. The molecule has 0 aliphatic carbocycles. The maximum atomic E-state index is 10.3. The van der Waals surface area contributed by atoms with Gasteiger partial charge in [-0.25, -0.2) is 0 Å². The first kappa shape index (κ1) is 19.6. The fraction of sp³-hybridized carbons (Fsp3) is 0.917. The average molecular weight is 266 g/mol. The first-order valence-electron chi connectivity index (χ1n) is 6.16. The van der Waals surface area contributed by atoms with Gasteiger partial charge >= 0.3 is 5.97 Å². The quantitative estimate of drug-likeness (QED) is 0.461. The Hall–Kier alpha value is -0.690. The van der Waals surface area contributed by atoms with Gasteiger partial charge in [0.1, 0.15) is 6.61 Å². The molecule has 0 atom stereocenters. The molecule has 18 heavy (non-hydrogen) atoms. The summed E-state index contributed by atoms with van der Waals surface area (Å²) in [6.45, 7) is 8.91. The second kappa shape index (κ2) is 18.7. The van der Waals surface area contributed by atoms with Crippen molar-refractivity contribution in [3.05, 3.63) is 0 Å². The molecule has 0 aromatic rings. The molecule has 0 radical (unpaired) electrons. The molecule has 0 amide bonds. The highest BCUT2D eigenvalue weighted by Gasteiger charge is 1.92. The lowest BCUT2D eigenvalue weighted by atomic mass is 10.7. The van der Waals surface area contributed by atoms with Crippen LogP contribution in [0.2, 0.25) is 0 Å². The monoisotopic (exact) mass is 266 g/mol. The molecular formula is C12H26O6. The first-order chi connectivity index (χ1) is 8.68. The minimum Gasteiger partial charge on any atom is -0.463 e. The number of aliphatic hydroxyl groups excluding tert-OH is 1. The molecule has 0 rings (SSSR count). The highest BCUT2D eigenvalue weighted by atomic mass is 16.6. The van der Waals surface area contributed by atoms with Crippen molar-refractivity contribution < 1.29 is 28.8 Å². The largest absolute Gasteiger partial charge is 0.463 e. The molecule has 0 aliphatic heterocycles. The van der Waals surface area contributed by atoms with Crippen molar-refractivity contribution in [3.8, 4) is 0 Å². The van der Waals surface area contributed by atoms with Crippen LogP contribution in [0.15, 0.2) is 0 Å². The molecule has 0 spiro atoms. The van der Waals surface area contributed by atoms with Crippen molar-refractivity contribution in [1.82, 2.24) is 0 Å². The number of aliphatic hydroxyl groups is 1. The van der Waals surface area contributed by atoms with E-state index in [0.29, 0.717) is 26.4 Å². The summed E-state index contributed by atoms with van der Waals surface area (Å²) in [4.78, 5) is 10.3. The molecule has 1 N–H and O–H groups in total. The van der Waals surface area contributed by atoms with Crippen molar-refractivity contribution in [3.63, 3.8) is 0 Å². The third-order valence-corrected chi connectivity index (χ3v) is 1.55. The van der Waals surface area contributed by atoms with Crippen molar-refractivity contribution in [2.24, 2.45) is 0 Å². The van der Waals surface area contributed by atoms with Crippen LogP contribution in [0.4, 0.5) is 0 Å². The highest BCUT2D eigenvalue weighted by molar-refractivity contribution is 5.65. The van der Waals surface area contributed by atoms with Gasteiger partial charge in [-0.05, 0) is 13.8 Å². The van der Waals surface area contributed by atoms with Gasteiger partial charge in [-0.15, -0.1) is 0 Å². The molecule has 0 saturated carbocycles. The second-order valence-corrected chi connectivity index (χ2v) is 3.07. The molecule has 6 heteroatoms. The van der Waals surface area contributed by atoms with Crippen LogP contribution in [0.3, 0.4) is 0 Å². The maximum Gasteiger partial charge on any atom is 0.302 e. The first-order valence-corrected chi connectivity index (χ1v) is 6.16. The Morgan fingerprint density at radius 2 is 1.39 bits per heavy atom. The minimum absolute atomic E-state index is 0.0213. The summed E-state index contributed by atoms with van der Waals surface area (Å²) >= 11 is 0. The van der Waals surface area contributed by atoms with Crippen LogP contribution < -0.4 is 0 Å². The van der Waals surface area contributed by atoms with Crippen LogP contribution in [0.25, 0.3) is 0 Å². The van der Waals surface area contributed by atoms with Crippen LogP contribution in [0.1, 0.15) is 20.8 Å². The Labute approximate surface area is 109 Å². The standard InChI is InChI=1S/C8H16O5.C4H10O/c1-8(10)13-7-6-12-5-4-11-3-2-9;1-3-5-4-2/h9H,2-7H2,1H3;3-4H2,1-2H3. The van der Waals surface area contributed by atoms with Gasteiger partial charge in [-0.2, -0.15) is 0 Å². The molecule has 0 aliphatic rings. The number of ether oxygens (including phenoxy) is 4. The van der Waals surface area contributed by atoms with Gasteiger partial charge in [0.25, 0.3) is 0 Å². The molecule has 0 fully saturated rings. The average Bonchev–Trinajstić information content (AvgIpc) is 2.34. The zero-order valence-corrected chi connectivity index (χ0v) is 11.6. The molecule has 0 unspecified atom stereocenters. The predicted octanol–water partition coefficient (Wildman–Crippen LogP) is 0.618. The second-order valence-electron chi connectivity index (χ2n) is 3.07. The van der Waals surface area contributed by atoms with E-state index in [9.17, 15) is 4.79 Å². The van der Waals surface area contributed by atoms with Crippen molar-refractivity contribution in [2.45, 2.75) is 20.8 Å². The van der Waals surface area contributed by atoms with Gasteiger partial charge in [0.15, 0.2) is 0 Å². The van der Waals surface area contributed by atoms with Gasteiger partial charge in [0, 0.05) is 20.1 Å². The van der Waals surface area contributed by atoms with Crippen molar-refractivity contribution in [1.29, 1.82) is 0 Å². The maximum absolute atomic E-state index is 10.3. The molecular weight excluding hydrogens is 240 g/mol. The molecule has 0 aromatic heterocycles. The third-order valence-electron chi connectivity index (χ3n) is 1.55.